The Kier molecular flexibility index (Phi) is 5.07. The predicted molar refractivity (Wildman–Crippen MR) is 84.7 cm³/mol. The second-order valence-corrected chi connectivity index (χ2v) is 6.22. The molecule has 0 aromatic carbocycles. The fourth-order valence-electron chi connectivity index (χ4n) is 2.98. The van der Waals surface area contributed by atoms with E-state index in [1.807, 2.05) is 24.1 Å². The maximum atomic E-state index is 5.89. The lowest BCUT2D eigenvalue weighted by Gasteiger charge is -2.19. The molecule has 7 nitrogen and oxygen atoms in total. The summed E-state index contributed by atoms with van der Waals surface area (Å²) >= 11 is 0. The van der Waals surface area contributed by atoms with E-state index in [2.05, 4.69) is 34.4 Å². The lowest BCUT2D eigenvalue weighted by Crippen LogP contribution is -2.27. The van der Waals surface area contributed by atoms with Crippen LogP contribution in [0.2, 0.25) is 0 Å². The van der Waals surface area contributed by atoms with Gasteiger partial charge < -0.3 is 14.6 Å². The molecule has 23 heavy (non-hydrogen) atoms. The molecular formula is C16H25N5O2. The van der Waals surface area contributed by atoms with Gasteiger partial charge in [0.2, 0.25) is 5.89 Å². The SMILES string of the molecule is CCCc1noc(C(C)NCC2CCOC2c2cnn(C)c2)n1. The maximum Gasteiger partial charge on any atom is 0.243 e. The van der Waals surface area contributed by atoms with Gasteiger partial charge in [-0.25, -0.2) is 0 Å². The van der Waals surface area contributed by atoms with Crippen LogP contribution < -0.4 is 5.32 Å². The Labute approximate surface area is 136 Å². The highest BCUT2D eigenvalue weighted by Gasteiger charge is 2.31. The van der Waals surface area contributed by atoms with Gasteiger partial charge in [-0.3, -0.25) is 4.68 Å². The Balaban J connectivity index is 1.56. The normalized spacial score (nSPS) is 22.6. The molecule has 3 atom stereocenters. The summed E-state index contributed by atoms with van der Waals surface area (Å²) in [6, 6.07) is 0.0447. The summed E-state index contributed by atoms with van der Waals surface area (Å²) in [5.74, 6) is 1.87. The highest BCUT2D eigenvalue weighted by atomic mass is 16.5. The summed E-state index contributed by atoms with van der Waals surface area (Å²) < 4.78 is 13.1. The van der Waals surface area contributed by atoms with Crippen LogP contribution in [-0.2, 0) is 18.2 Å². The molecule has 0 saturated carbocycles. The van der Waals surface area contributed by atoms with Crippen LogP contribution in [0.1, 0.15) is 56.1 Å². The monoisotopic (exact) mass is 319 g/mol. The second kappa shape index (κ2) is 7.23. The van der Waals surface area contributed by atoms with E-state index in [4.69, 9.17) is 9.26 Å². The third-order valence-electron chi connectivity index (χ3n) is 4.28. The highest BCUT2D eigenvalue weighted by molar-refractivity contribution is 5.11. The Bertz CT molecular complexity index is 624. The molecule has 3 rings (SSSR count). The van der Waals surface area contributed by atoms with Crippen molar-refractivity contribution in [2.75, 3.05) is 13.2 Å². The van der Waals surface area contributed by atoms with Gasteiger partial charge in [0.1, 0.15) is 0 Å². The van der Waals surface area contributed by atoms with Gasteiger partial charge in [-0.2, -0.15) is 10.1 Å². The van der Waals surface area contributed by atoms with E-state index >= 15 is 0 Å². The topological polar surface area (TPSA) is 78.0 Å². The van der Waals surface area contributed by atoms with E-state index in [1.54, 1.807) is 0 Å². The molecule has 1 saturated heterocycles. The van der Waals surface area contributed by atoms with Crippen LogP contribution in [0.3, 0.4) is 0 Å². The second-order valence-electron chi connectivity index (χ2n) is 6.22. The Hall–Kier alpha value is -1.73. The molecule has 0 amide bonds. The molecule has 0 spiro atoms. The fourth-order valence-corrected chi connectivity index (χ4v) is 2.98. The molecule has 7 heteroatoms. The fraction of sp³-hybridized carbons (Fsp3) is 0.688. The number of ether oxygens (including phenoxy) is 1. The number of hydrogen-bond acceptors (Lipinski definition) is 6. The molecule has 1 aliphatic heterocycles. The Morgan fingerprint density at radius 3 is 3.09 bits per heavy atom. The van der Waals surface area contributed by atoms with Crippen LogP contribution in [-0.4, -0.2) is 33.1 Å². The molecule has 2 aromatic heterocycles. The standard InChI is InChI=1S/C16H25N5O2/c1-4-5-14-19-16(23-20-14)11(2)17-8-12-6-7-22-15(12)13-9-18-21(3)10-13/h9-12,15,17H,4-8H2,1-3H3. The smallest absolute Gasteiger partial charge is 0.243 e. The van der Waals surface area contributed by atoms with Crippen molar-refractivity contribution in [1.82, 2.24) is 25.2 Å². The largest absolute Gasteiger partial charge is 0.373 e. The number of nitrogens with zero attached hydrogens (tertiary/aromatic N) is 4. The molecule has 3 unspecified atom stereocenters. The van der Waals surface area contributed by atoms with Crippen molar-refractivity contribution in [2.24, 2.45) is 13.0 Å². The Morgan fingerprint density at radius 1 is 1.48 bits per heavy atom. The lowest BCUT2D eigenvalue weighted by atomic mass is 9.97. The van der Waals surface area contributed by atoms with Gasteiger partial charge in [-0.05, 0) is 19.8 Å². The van der Waals surface area contributed by atoms with Gasteiger partial charge in [-0.1, -0.05) is 12.1 Å². The zero-order valence-electron chi connectivity index (χ0n) is 14.0. The Morgan fingerprint density at radius 2 is 2.35 bits per heavy atom. The van der Waals surface area contributed by atoms with Crippen LogP contribution >= 0.6 is 0 Å². The molecule has 2 aromatic rings. The zero-order valence-corrected chi connectivity index (χ0v) is 14.0. The van der Waals surface area contributed by atoms with Crippen molar-refractivity contribution >= 4 is 0 Å². The molecule has 1 fully saturated rings. The van der Waals surface area contributed by atoms with Gasteiger partial charge in [-0.15, -0.1) is 0 Å². The average Bonchev–Trinajstić information content (AvgIpc) is 3.25. The van der Waals surface area contributed by atoms with Crippen LogP contribution in [0.4, 0.5) is 0 Å². The van der Waals surface area contributed by atoms with Crippen LogP contribution in [0, 0.1) is 5.92 Å². The lowest BCUT2D eigenvalue weighted by molar-refractivity contribution is 0.0895. The summed E-state index contributed by atoms with van der Waals surface area (Å²) in [5, 5.41) is 11.8. The molecule has 0 radical (unpaired) electrons. The van der Waals surface area contributed by atoms with Gasteiger partial charge in [0.15, 0.2) is 5.82 Å². The van der Waals surface area contributed by atoms with Crippen LogP contribution in [0.15, 0.2) is 16.9 Å². The first-order valence-electron chi connectivity index (χ1n) is 8.33. The van der Waals surface area contributed by atoms with Crippen molar-refractivity contribution in [3.05, 3.63) is 29.7 Å². The zero-order chi connectivity index (χ0) is 16.2. The third kappa shape index (κ3) is 3.79. The minimum absolute atomic E-state index is 0.0447. The quantitative estimate of drug-likeness (QED) is 0.843. The van der Waals surface area contributed by atoms with E-state index in [1.165, 1.54) is 0 Å². The minimum Gasteiger partial charge on any atom is -0.373 e. The number of hydrogen-bond donors (Lipinski definition) is 1. The average molecular weight is 319 g/mol. The van der Waals surface area contributed by atoms with Crippen molar-refractivity contribution in [3.63, 3.8) is 0 Å². The van der Waals surface area contributed by atoms with Crippen molar-refractivity contribution in [3.8, 4) is 0 Å². The summed E-state index contributed by atoms with van der Waals surface area (Å²) in [6.45, 7) is 5.81. The molecule has 126 valence electrons. The van der Waals surface area contributed by atoms with Crippen LogP contribution in [0.25, 0.3) is 0 Å². The summed E-state index contributed by atoms with van der Waals surface area (Å²) in [7, 11) is 1.93. The number of nitrogens with one attached hydrogen (secondary N) is 1. The molecule has 3 heterocycles. The molecule has 0 aliphatic carbocycles. The predicted octanol–water partition coefficient (Wildman–Crippen LogP) is 2.18. The number of aromatic nitrogens is 4. The van der Waals surface area contributed by atoms with Crippen molar-refractivity contribution < 1.29 is 9.26 Å². The van der Waals surface area contributed by atoms with Gasteiger partial charge in [0.25, 0.3) is 0 Å². The first kappa shape index (κ1) is 16.1. The molecular weight excluding hydrogens is 294 g/mol. The van der Waals surface area contributed by atoms with Crippen LogP contribution in [0.5, 0.6) is 0 Å². The number of rotatable bonds is 7. The van der Waals surface area contributed by atoms with Gasteiger partial charge in [0.05, 0.1) is 18.3 Å². The third-order valence-corrected chi connectivity index (χ3v) is 4.28. The first-order valence-corrected chi connectivity index (χ1v) is 8.33. The van der Waals surface area contributed by atoms with Crippen molar-refractivity contribution in [1.29, 1.82) is 0 Å². The summed E-state index contributed by atoms with van der Waals surface area (Å²) in [5.41, 5.74) is 1.15. The first-order chi connectivity index (χ1) is 11.2. The molecule has 1 aliphatic rings. The van der Waals surface area contributed by atoms with E-state index in [-0.39, 0.29) is 12.1 Å². The van der Waals surface area contributed by atoms with E-state index in [0.29, 0.717) is 11.8 Å². The van der Waals surface area contributed by atoms with E-state index in [9.17, 15) is 0 Å². The van der Waals surface area contributed by atoms with E-state index < -0.39 is 0 Å². The summed E-state index contributed by atoms with van der Waals surface area (Å²) in [4.78, 5) is 4.44. The van der Waals surface area contributed by atoms with Gasteiger partial charge in [0, 0.05) is 44.3 Å². The summed E-state index contributed by atoms with van der Waals surface area (Å²) in [6.07, 6.45) is 6.96. The maximum absolute atomic E-state index is 5.89. The minimum atomic E-state index is 0.0447. The van der Waals surface area contributed by atoms with Gasteiger partial charge >= 0.3 is 0 Å². The molecule has 1 N–H and O–H groups in total. The number of aryl methyl sites for hydroxylation is 2. The molecule has 0 bridgehead atoms. The van der Waals surface area contributed by atoms with Crippen molar-refractivity contribution in [2.45, 2.75) is 45.3 Å². The van der Waals surface area contributed by atoms with E-state index in [0.717, 1.165) is 43.8 Å². The highest BCUT2D eigenvalue weighted by Crippen LogP contribution is 2.34.